The first kappa shape index (κ1) is 24.3. The quantitative estimate of drug-likeness (QED) is 0.217. The van der Waals surface area contributed by atoms with Crippen LogP contribution in [0.5, 0.6) is 0 Å². The van der Waals surface area contributed by atoms with E-state index in [-0.39, 0.29) is 5.41 Å². The topological polar surface area (TPSA) is 16.4 Å². The van der Waals surface area contributed by atoms with Gasteiger partial charge in [0.25, 0.3) is 0 Å². The van der Waals surface area contributed by atoms with Gasteiger partial charge in [-0.1, -0.05) is 129 Å². The summed E-state index contributed by atoms with van der Waals surface area (Å²) in [7, 11) is 0. The number of rotatable bonds is 3. The predicted octanol–water partition coefficient (Wildman–Crippen LogP) is 11.7. The van der Waals surface area contributed by atoms with Crippen molar-refractivity contribution in [3.8, 4) is 11.1 Å². The van der Waals surface area contributed by atoms with Crippen molar-refractivity contribution >= 4 is 60.5 Å². The van der Waals surface area contributed by atoms with Gasteiger partial charge < -0.3 is 9.32 Å². The second kappa shape index (κ2) is 8.83. The van der Waals surface area contributed by atoms with Crippen LogP contribution in [0.3, 0.4) is 0 Å². The molecule has 1 heterocycles. The van der Waals surface area contributed by atoms with Gasteiger partial charge in [0.05, 0.1) is 17.1 Å². The Morgan fingerprint density at radius 2 is 1.02 bits per heavy atom. The number of furan rings is 1. The molecule has 9 rings (SSSR count). The monoisotopic (exact) mass is 551 g/mol. The third kappa shape index (κ3) is 3.35. The number of benzene rings is 7. The van der Waals surface area contributed by atoms with Crippen LogP contribution in [0.4, 0.5) is 17.1 Å². The van der Waals surface area contributed by atoms with E-state index >= 15 is 0 Å². The Kier molecular flexibility index (Phi) is 4.99. The van der Waals surface area contributed by atoms with Crippen molar-refractivity contribution < 1.29 is 4.42 Å². The molecule has 0 saturated heterocycles. The van der Waals surface area contributed by atoms with Crippen LogP contribution in [0.1, 0.15) is 25.0 Å². The van der Waals surface area contributed by atoms with Gasteiger partial charge in [0, 0.05) is 32.5 Å². The normalized spacial score (nSPS) is 13.5. The van der Waals surface area contributed by atoms with Crippen molar-refractivity contribution in [1.29, 1.82) is 0 Å². The zero-order valence-electron chi connectivity index (χ0n) is 24.1. The Morgan fingerprint density at radius 1 is 0.442 bits per heavy atom. The van der Waals surface area contributed by atoms with Crippen LogP contribution in [0.15, 0.2) is 144 Å². The fourth-order valence-electron chi connectivity index (χ4n) is 7.40. The summed E-state index contributed by atoms with van der Waals surface area (Å²) in [4.78, 5) is 2.44. The summed E-state index contributed by atoms with van der Waals surface area (Å²) in [6, 6.07) is 50.4. The third-order valence-corrected chi connectivity index (χ3v) is 9.44. The van der Waals surface area contributed by atoms with E-state index in [0.29, 0.717) is 0 Å². The first-order chi connectivity index (χ1) is 21.1. The van der Waals surface area contributed by atoms with Gasteiger partial charge in [0.2, 0.25) is 0 Å². The first-order valence-corrected chi connectivity index (χ1v) is 15.0. The van der Waals surface area contributed by atoms with Crippen molar-refractivity contribution in [1.82, 2.24) is 0 Å². The van der Waals surface area contributed by atoms with Crippen LogP contribution >= 0.6 is 0 Å². The maximum atomic E-state index is 6.92. The minimum atomic E-state index is -0.101. The highest BCUT2D eigenvalue weighted by molar-refractivity contribution is 6.18. The molecule has 0 bridgehead atoms. The van der Waals surface area contributed by atoms with E-state index in [1.807, 2.05) is 0 Å². The molecule has 1 aromatic heterocycles. The lowest BCUT2D eigenvalue weighted by Gasteiger charge is -2.29. The molecule has 0 spiro atoms. The molecule has 0 fully saturated rings. The molecule has 0 radical (unpaired) electrons. The average Bonchev–Trinajstić information content (AvgIpc) is 3.55. The minimum absolute atomic E-state index is 0.101. The molecule has 0 saturated carbocycles. The van der Waals surface area contributed by atoms with Gasteiger partial charge in [0.1, 0.15) is 5.58 Å². The van der Waals surface area contributed by atoms with E-state index in [9.17, 15) is 0 Å². The number of nitrogens with zero attached hydrogens (tertiary/aromatic N) is 1. The lowest BCUT2D eigenvalue weighted by atomic mass is 9.82. The molecule has 1 aliphatic rings. The lowest BCUT2D eigenvalue weighted by molar-refractivity contribution is 0.660. The Labute approximate surface area is 250 Å². The van der Waals surface area contributed by atoms with E-state index in [4.69, 9.17) is 4.42 Å². The molecule has 2 nitrogen and oxygen atoms in total. The van der Waals surface area contributed by atoms with Gasteiger partial charge in [-0.25, -0.2) is 0 Å². The third-order valence-electron chi connectivity index (χ3n) is 9.44. The molecule has 8 aromatic rings. The van der Waals surface area contributed by atoms with Crippen LogP contribution in [0.2, 0.25) is 0 Å². The first-order valence-electron chi connectivity index (χ1n) is 15.0. The zero-order valence-corrected chi connectivity index (χ0v) is 24.1. The van der Waals surface area contributed by atoms with Crippen LogP contribution in [0.25, 0.3) is 54.6 Å². The molecule has 0 atom stereocenters. The van der Waals surface area contributed by atoms with Crippen molar-refractivity contribution in [3.63, 3.8) is 0 Å². The standard InChI is InChI=1S/C41H29NO/c1-41(2)33-19-8-7-17-32(33)38-34(41)20-11-22-36(38)42(35-21-9-14-26-12-3-5-15-28(26)35)37-23-10-18-30-31-25-24-27-13-4-6-16-29(27)39(31)43-40(30)37/h3-25H,1-2H3. The molecule has 0 amide bonds. The summed E-state index contributed by atoms with van der Waals surface area (Å²) in [6.45, 7) is 4.68. The second-order valence-corrected chi connectivity index (χ2v) is 12.1. The minimum Gasteiger partial charge on any atom is -0.453 e. The predicted molar refractivity (Wildman–Crippen MR) is 181 cm³/mol. The number of hydrogen-bond donors (Lipinski definition) is 0. The fourth-order valence-corrected chi connectivity index (χ4v) is 7.40. The highest BCUT2D eigenvalue weighted by atomic mass is 16.3. The molecule has 0 N–H and O–H groups in total. The molecular formula is C41H29NO. The van der Waals surface area contributed by atoms with Crippen molar-refractivity contribution in [2.45, 2.75) is 19.3 Å². The van der Waals surface area contributed by atoms with Crippen LogP contribution < -0.4 is 4.90 Å². The van der Waals surface area contributed by atoms with Gasteiger partial charge in [-0.3, -0.25) is 0 Å². The Balaban J connectivity index is 1.42. The van der Waals surface area contributed by atoms with Gasteiger partial charge in [-0.2, -0.15) is 0 Å². The van der Waals surface area contributed by atoms with Gasteiger partial charge in [0.15, 0.2) is 5.58 Å². The van der Waals surface area contributed by atoms with Crippen molar-refractivity contribution in [3.05, 3.63) is 151 Å². The Hall–Kier alpha value is -5.34. The molecular weight excluding hydrogens is 522 g/mol. The summed E-state index contributed by atoms with van der Waals surface area (Å²) in [5, 5.41) is 6.99. The summed E-state index contributed by atoms with van der Waals surface area (Å²) in [5.41, 5.74) is 10.3. The Bertz CT molecular complexity index is 2390. The van der Waals surface area contributed by atoms with E-state index in [2.05, 4.69) is 158 Å². The smallest absolute Gasteiger partial charge is 0.159 e. The van der Waals surface area contributed by atoms with E-state index in [0.717, 1.165) is 44.4 Å². The molecule has 0 unspecified atom stereocenters. The van der Waals surface area contributed by atoms with Crippen molar-refractivity contribution in [2.75, 3.05) is 4.90 Å². The van der Waals surface area contributed by atoms with E-state index < -0.39 is 0 Å². The fraction of sp³-hybridized carbons (Fsp3) is 0.0732. The lowest BCUT2D eigenvalue weighted by Crippen LogP contribution is -2.16. The molecule has 43 heavy (non-hydrogen) atoms. The van der Waals surface area contributed by atoms with Gasteiger partial charge in [-0.05, 0) is 51.7 Å². The second-order valence-electron chi connectivity index (χ2n) is 12.1. The number of hydrogen-bond acceptors (Lipinski definition) is 2. The zero-order chi connectivity index (χ0) is 28.7. The largest absolute Gasteiger partial charge is 0.453 e. The summed E-state index contributed by atoms with van der Waals surface area (Å²) in [5.74, 6) is 0. The Morgan fingerprint density at radius 3 is 1.91 bits per heavy atom. The molecule has 204 valence electrons. The molecule has 0 aliphatic heterocycles. The summed E-state index contributed by atoms with van der Waals surface area (Å²) < 4.78 is 6.92. The van der Waals surface area contributed by atoms with E-state index in [1.54, 1.807) is 0 Å². The molecule has 2 heteroatoms. The summed E-state index contributed by atoms with van der Waals surface area (Å²) in [6.07, 6.45) is 0. The van der Waals surface area contributed by atoms with Crippen molar-refractivity contribution in [2.24, 2.45) is 0 Å². The van der Waals surface area contributed by atoms with Crippen LogP contribution in [-0.2, 0) is 5.41 Å². The highest BCUT2D eigenvalue weighted by Crippen LogP contribution is 2.55. The number of anilines is 3. The van der Waals surface area contributed by atoms with E-state index in [1.165, 1.54) is 38.4 Å². The van der Waals surface area contributed by atoms with Crippen LogP contribution in [0, 0.1) is 0 Å². The maximum Gasteiger partial charge on any atom is 0.159 e. The maximum absolute atomic E-state index is 6.92. The van der Waals surface area contributed by atoms with Crippen LogP contribution in [-0.4, -0.2) is 0 Å². The van der Waals surface area contributed by atoms with Gasteiger partial charge in [-0.15, -0.1) is 0 Å². The highest BCUT2D eigenvalue weighted by Gasteiger charge is 2.38. The van der Waals surface area contributed by atoms with Gasteiger partial charge >= 0.3 is 0 Å². The SMILES string of the molecule is CC1(C)c2ccccc2-c2c(N(c3cccc4ccccc34)c3cccc4c3oc3c5ccccc5ccc43)cccc21. The number of para-hydroxylation sites is 1. The summed E-state index contributed by atoms with van der Waals surface area (Å²) >= 11 is 0. The average molecular weight is 552 g/mol. The molecule has 7 aromatic carbocycles. The number of fused-ring (bicyclic) bond motifs is 9. The molecule has 1 aliphatic carbocycles.